The van der Waals surface area contributed by atoms with Crippen LogP contribution in [0.25, 0.3) is 16.5 Å². The molecule has 4 aromatic rings. The number of aliphatic hydroxyl groups excluding tert-OH is 1. The standard InChI is InChI=1S/C27H20N2O4/c30-22-10-5-8-19(15-22)24-23(25(31)20-12-11-17-6-1-2-7-18(17)14-20)26(32)27(33)29(24)16-21-9-3-4-13-28-21/h1-15,24,30-31H,16H2/b25-23-. The number of likely N-dealkylation sites (tertiary alicyclic amines) is 1. The average molecular weight is 436 g/mol. The molecule has 0 radical (unpaired) electrons. The number of aromatic hydroxyl groups is 1. The molecule has 3 aromatic carbocycles. The Hall–Kier alpha value is -4.45. The van der Waals surface area contributed by atoms with Gasteiger partial charge in [0.05, 0.1) is 23.9 Å². The number of aromatic nitrogens is 1. The van der Waals surface area contributed by atoms with Gasteiger partial charge in [-0.05, 0) is 46.7 Å². The minimum absolute atomic E-state index is 0.00151. The third-order valence-corrected chi connectivity index (χ3v) is 5.81. The van der Waals surface area contributed by atoms with E-state index in [4.69, 9.17) is 0 Å². The van der Waals surface area contributed by atoms with E-state index >= 15 is 0 Å². The van der Waals surface area contributed by atoms with Crippen LogP contribution < -0.4 is 0 Å². The number of benzene rings is 3. The number of Topliss-reactive ketones (excluding diaryl/α,β-unsaturated/α-hetero) is 1. The summed E-state index contributed by atoms with van der Waals surface area (Å²) in [6, 6.07) is 23.9. The molecule has 0 aliphatic carbocycles. The van der Waals surface area contributed by atoms with Gasteiger partial charge in [-0.3, -0.25) is 14.6 Å². The van der Waals surface area contributed by atoms with Gasteiger partial charge in [-0.2, -0.15) is 0 Å². The van der Waals surface area contributed by atoms with Crippen molar-refractivity contribution in [2.24, 2.45) is 0 Å². The smallest absolute Gasteiger partial charge is 0.296 e. The SMILES string of the molecule is O=C1C(=O)N(Cc2ccccn2)C(c2cccc(O)c2)/C1=C(/O)c1ccc2ccccc2c1. The lowest BCUT2D eigenvalue weighted by Gasteiger charge is -2.25. The molecule has 1 amide bonds. The lowest BCUT2D eigenvalue weighted by molar-refractivity contribution is -0.140. The molecular formula is C27H20N2O4. The molecule has 0 bridgehead atoms. The Kier molecular flexibility index (Phi) is 5.11. The fraction of sp³-hybridized carbons (Fsp3) is 0.0741. The fourth-order valence-corrected chi connectivity index (χ4v) is 4.24. The van der Waals surface area contributed by atoms with E-state index in [9.17, 15) is 19.8 Å². The monoisotopic (exact) mass is 436 g/mol. The Morgan fingerprint density at radius 3 is 2.42 bits per heavy atom. The van der Waals surface area contributed by atoms with Crippen LogP contribution in [0.5, 0.6) is 5.75 Å². The topological polar surface area (TPSA) is 90.7 Å². The number of ketones is 1. The van der Waals surface area contributed by atoms with Crippen molar-refractivity contribution in [1.82, 2.24) is 9.88 Å². The average Bonchev–Trinajstić information content (AvgIpc) is 3.09. The molecule has 2 heterocycles. The Morgan fingerprint density at radius 2 is 1.67 bits per heavy atom. The summed E-state index contributed by atoms with van der Waals surface area (Å²) >= 11 is 0. The van der Waals surface area contributed by atoms with Gasteiger partial charge in [0.15, 0.2) is 0 Å². The summed E-state index contributed by atoms with van der Waals surface area (Å²) in [5, 5.41) is 23.2. The van der Waals surface area contributed by atoms with E-state index in [1.165, 1.54) is 17.0 Å². The zero-order valence-corrected chi connectivity index (χ0v) is 17.6. The minimum Gasteiger partial charge on any atom is -0.508 e. The molecule has 0 spiro atoms. The molecule has 1 fully saturated rings. The number of carbonyl (C=O) groups is 2. The maximum atomic E-state index is 13.2. The van der Waals surface area contributed by atoms with Crippen LogP contribution in [0.15, 0.2) is 96.7 Å². The highest BCUT2D eigenvalue weighted by atomic mass is 16.3. The number of nitrogens with zero attached hydrogens (tertiary/aromatic N) is 2. The number of phenols is 1. The molecule has 1 aliphatic rings. The molecule has 1 saturated heterocycles. The van der Waals surface area contributed by atoms with E-state index in [2.05, 4.69) is 4.98 Å². The fourth-order valence-electron chi connectivity index (χ4n) is 4.24. The van der Waals surface area contributed by atoms with Gasteiger partial charge >= 0.3 is 0 Å². The lowest BCUT2D eigenvalue weighted by atomic mass is 9.94. The van der Waals surface area contributed by atoms with Crippen molar-refractivity contribution in [3.63, 3.8) is 0 Å². The van der Waals surface area contributed by atoms with Crippen LogP contribution in [0.4, 0.5) is 0 Å². The van der Waals surface area contributed by atoms with Gasteiger partial charge in [-0.15, -0.1) is 0 Å². The van der Waals surface area contributed by atoms with Crippen molar-refractivity contribution in [2.75, 3.05) is 0 Å². The highest BCUT2D eigenvalue weighted by Gasteiger charge is 2.46. The van der Waals surface area contributed by atoms with Crippen LogP contribution in [0, 0.1) is 0 Å². The molecule has 5 rings (SSSR count). The number of carbonyl (C=O) groups excluding carboxylic acids is 2. The number of rotatable bonds is 4. The summed E-state index contributed by atoms with van der Waals surface area (Å²) in [4.78, 5) is 31.9. The van der Waals surface area contributed by atoms with E-state index < -0.39 is 17.7 Å². The molecule has 1 aromatic heterocycles. The second kappa shape index (κ2) is 8.24. The highest BCUT2D eigenvalue weighted by molar-refractivity contribution is 6.46. The van der Waals surface area contributed by atoms with Gasteiger partial charge in [-0.25, -0.2) is 0 Å². The Labute approximate surface area is 190 Å². The lowest BCUT2D eigenvalue weighted by Crippen LogP contribution is -2.29. The van der Waals surface area contributed by atoms with Gasteiger partial charge in [-0.1, -0.05) is 54.6 Å². The number of hydrogen-bond acceptors (Lipinski definition) is 5. The molecule has 33 heavy (non-hydrogen) atoms. The van der Waals surface area contributed by atoms with Crippen molar-refractivity contribution in [3.05, 3.63) is 114 Å². The zero-order valence-electron chi connectivity index (χ0n) is 17.6. The number of amides is 1. The van der Waals surface area contributed by atoms with E-state index in [1.54, 1.807) is 48.7 Å². The molecule has 6 nitrogen and oxygen atoms in total. The van der Waals surface area contributed by atoms with Gasteiger partial charge in [0.25, 0.3) is 11.7 Å². The predicted molar refractivity (Wildman–Crippen MR) is 124 cm³/mol. The third-order valence-electron chi connectivity index (χ3n) is 5.81. The normalized spacial score (nSPS) is 17.6. The zero-order chi connectivity index (χ0) is 22.9. The number of phenolic OH excluding ortho intramolecular Hbond substituents is 1. The van der Waals surface area contributed by atoms with Crippen LogP contribution in [-0.2, 0) is 16.1 Å². The quantitative estimate of drug-likeness (QED) is 0.278. The van der Waals surface area contributed by atoms with Gasteiger partial charge in [0.2, 0.25) is 0 Å². The summed E-state index contributed by atoms with van der Waals surface area (Å²) in [6.07, 6.45) is 1.62. The van der Waals surface area contributed by atoms with Crippen molar-refractivity contribution < 1.29 is 19.8 Å². The summed E-state index contributed by atoms with van der Waals surface area (Å²) in [6.45, 7) is 0.0836. The van der Waals surface area contributed by atoms with Gasteiger partial charge in [0, 0.05) is 11.8 Å². The maximum Gasteiger partial charge on any atom is 0.296 e. The van der Waals surface area contributed by atoms with Crippen LogP contribution >= 0.6 is 0 Å². The first kappa shape index (κ1) is 20.5. The first-order valence-corrected chi connectivity index (χ1v) is 10.5. The largest absolute Gasteiger partial charge is 0.508 e. The molecule has 162 valence electrons. The summed E-state index contributed by atoms with van der Waals surface area (Å²) in [5.74, 6) is -1.75. The van der Waals surface area contributed by atoms with E-state index in [1.807, 2.05) is 30.3 Å². The minimum atomic E-state index is -0.870. The van der Waals surface area contributed by atoms with Crippen molar-refractivity contribution in [1.29, 1.82) is 0 Å². The Morgan fingerprint density at radius 1 is 0.879 bits per heavy atom. The van der Waals surface area contributed by atoms with Crippen molar-refractivity contribution in [3.8, 4) is 5.75 Å². The number of fused-ring (bicyclic) bond motifs is 1. The Balaban J connectivity index is 1.67. The molecule has 1 aliphatic heterocycles. The number of aliphatic hydroxyl groups is 1. The van der Waals surface area contributed by atoms with E-state index in [-0.39, 0.29) is 23.6 Å². The first-order valence-electron chi connectivity index (χ1n) is 10.5. The van der Waals surface area contributed by atoms with Gasteiger partial charge < -0.3 is 15.1 Å². The number of hydrogen-bond donors (Lipinski definition) is 2. The van der Waals surface area contributed by atoms with Crippen LogP contribution in [0.2, 0.25) is 0 Å². The second-order valence-electron chi connectivity index (χ2n) is 7.90. The summed E-state index contributed by atoms with van der Waals surface area (Å²) in [7, 11) is 0. The highest BCUT2D eigenvalue weighted by Crippen LogP contribution is 2.41. The molecular weight excluding hydrogens is 416 g/mol. The van der Waals surface area contributed by atoms with Crippen LogP contribution in [0.1, 0.15) is 22.9 Å². The molecule has 1 atom stereocenters. The second-order valence-corrected chi connectivity index (χ2v) is 7.90. The third kappa shape index (κ3) is 3.72. The number of pyridine rings is 1. The molecule has 2 N–H and O–H groups in total. The maximum absolute atomic E-state index is 13.2. The molecule has 0 saturated carbocycles. The van der Waals surface area contributed by atoms with E-state index in [0.717, 1.165) is 10.8 Å². The summed E-state index contributed by atoms with van der Waals surface area (Å²) in [5.41, 5.74) is 1.55. The Bertz CT molecular complexity index is 1410. The predicted octanol–water partition coefficient (Wildman–Crippen LogP) is 4.56. The molecule has 1 unspecified atom stereocenters. The van der Waals surface area contributed by atoms with E-state index in [0.29, 0.717) is 16.8 Å². The van der Waals surface area contributed by atoms with Crippen molar-refractivity contribution >= 4 is 28.2 Å². The van der Waals surface area contributed by atoms with Crippen LogP contribution in [-0.4, -0.2) is 31.8 Å². The van der Waals surface area contributed by atoms with Crippen LogP contribution in [0.3, 0.4) is 0 Å². The summed E-state index contributed by atoms with van der Waals surface area (Å²) < 4.78 is 0. The van der Waals surface area contributed by atoms with Gasteiger partial charge in [0.1, 0.15) is 11.5 Å². The van der Waals surface area contributed by atoms with Crippen molar-refractivity contribution in [2.45, 2.75) is 12.6 Å². The molecule has 6 heteroatoms. The first-order chi connectivity index (χ1) is 16.0.